The zero-order chi connectivity index (χ0) is 21.5. The van der Waals surface area contributed by atoms with Crippen molar-refractivity contribution in [2.24, 2.45) is 0 Å². The molecule has 0 aromatic heterocycles. The predicted octanol–water partition coefficient (Wildman–Crippen LogP) is 1.20. The van der Waals surface area contributed by atoms with Crippen molar-refractivity contribution in [3.8, 4) is 5.75 Å². The van der Waals surface area contributed by atoms with Gasteiger partial charge in [-0.1, -0.05) is 6.07 Å². The number of benzene rings is 1. The Bertz CT molecular complexity index is 916. The van der Waals surface area contributed by atoms with Gasteiger partial charge in [0.1, 0.15) is 17.4 Å². The standard InChI is InChI=1S/C20H22N2O7/c1-10(19(27)29-20(2,3)4)28-13-7-5-6-11-15(13)18(26)22(17(11)25)12-8-9-14(23)21-16(12)24/h5-7,10,12H,8-9H2,1-4H3,(H,21,23,24)/t10?,12-/m0/s1. The lowest BCUT2D eigenvalue weighted by Gasteiger charge is -2.27. The zero-order valence-electron chi connectivity index (χ0n) is 16.6. The third-order valence-corrected chi connectivity index (χ3v) is 4.47. The molecule has 9 nitrogen and oxygen atoms in total. The number of rotatable bonds is 4. The van der Waals surface area contributed by atoms with E-state index in [9.17, 15) is 24.0 Å². The van der Waals surface area contributed by atoms with Crippen LogP contribution in [0.25, 0.3) is 0 Å². The maximum absolute atomic E-state index is 13.0. The van der Waals surface area contributed by atoms with Crippen LogP contribution in [-0.2, 0) is 19.1 Å². The van der Waals surface area contributed by atoms with Crippen molar-refractivity contribution < 1.29 is 33.4 Å². The molecule has 2 aliphatic heterocycles. The van der Waals surface area contributed by atoms with E-state index >= 15 is 0 Å². The topological polar surface area (TPSA) is 119 Å². The van der Waals surface area contributed by atoms with Crippen LogP contribution in [0, 0.1) is 0 Å². The van der Waals surface area contributed by atoms with Crippen molar-refractivity contribution in [2.45, 2.75) is 58.3 Å². The van der Waals surface area contributed by atoms with Crippen LogP contribution in [0.15, 0.2) is 18.2 Å². The van der Waals surface area contributed by atoms with Gasteiger partial charge in [0.15, 0.2) is 6.10 Å². The van der Waals surface area contributed by atoms with E-state index in [-0.39, 0.29) is 29.7 Å². The van der Waals surface area contributed by atoms with Gasteiger partial charge in [-0.15, -0.1) is 0 Å². The van der Waals surface area contributed by atoms with Crippen LogP contribution in [0.2, 0.25) is 0 Å². The number of ether oxygens (including phenoxy) is 2. The van der Waals surface area contributed by atoms with E-state index in [4.69, 9.17) is 9.47 Å². The molecule has 1 aromatic rings. The summed E-state index contributed by atoms with van der Waals surface area (Å²) in [4.78, 5) is 62.3. The molecule has 1 aromatic carbocycles. The van der Waals surface area contributed by atoms with E-state index in [0.29, 0.717) is 0 Å². The van der Waals surface area contributed by atoms with Crippen molar-refractivity contribution in [2.75, 3.05) is 0 Å². The van der Waals surface area contributed by atoms with Gasteiger partial charge in [0.05, 0.1) is 11.1 Å². The molecule has 1 fully saturated rings. The van der Waals surface area contributed by atoms with Crippen molar-refractivity contribution in [1.82, 2.24) is 10.2 Å². The smallest absolute Gasteiger partial charge is 0.347 e. The number of hydrogen-bond donors (Lipinski definition) is 1. The summed E-state index contributed by atoms with van der Waals surface area (Å²) >= 11 is 0. The normalized spacial score (nSPS) is 20.3. The molecule has 1 N–H and O–H groups in total. The molecule has 3 rings (SSSR count). The van der Waals surface area contributed by atoms with Crippen LogP contribution in [0.4, 0.5) is 0 Å². The number of esters is 1. The minimum Gasteiger partial charge on any atom is -0.478 e. The molecule has 2 aliphatic rings. The minimum atomic E-state index is -1.07. The fraction of sp³-hybridized carbons (Fsp3) is 0.450. The summed E-state index contributed by atoms with van der Waals surface area (Å²) in [6.07, 6.45) is -0.933. The second-order valence-electron chi connectivity index (χ2n) is 7.92. The molecule has 2 heterocycles. The summed E-state index contributed by atoms with van der Waals surface area (Å²) in [6.45, 7) is 6.64. The second kappa shape index (κ2) is 7.31. The molecule has 0 saturated carbocycles. The quantitative estimate of drug-likeness (QED) is 0.594. The summed E-state index contributed by atoms with van der Waals surface area (Å²) in [6, 6.07) is 3.37. The molecular formula is C20H22N2O7. The van der Waals surface area contributed by atoms with E-state index in [0.717, 1.165) is 4.90 Å². The van der Waals surface area contributed by atoms with E-state index in [1.165, 1.54) is 25.1 Å². The summed E-state index contributed by atoms with van der Waals surface area (Å²) in [5, 5.41) is 2.14. The molecule has 1 saturated heterocycles. The first-order valence-electron chi connectivity index (χ1n) is 9.23. The number of hydrogen-bond acceptors (Lipinski definition) is 7. The first-order valence-corrected chi connectivity index (χ1v) is 9.23. The number of imide groups is 2. The Hall–Kier alpha value is -3.23. The van der Waals surface area contributed by atoms with E-state index in [1.54, 1.807) is 20.8 Å². The van der Waals surface area contributed by atoms with Gasteiger partial charge in [-0.25, -0.2) is 4.79 Å². The Morgan fingerprint density at radius 2 is 1.86 bits per heavy atom. The molecule has 4 amide bonds. The van der Waals surface area contributed by atoms with Crippen molar-refractivity contribution >= 4 is 29.6 Å². The summed E-state index contributed by atoms with van der Waals surface area (Å²) in [7, 11) is 0. The summed E-state index contributed by atoms with van der Waals surface area (Å²) in [5.74, 6) is -3.05. The number of nitrogens with zero attached hydrogens (tertiary/aromatic N) is 1. The molecule has 9 heteroatoms. The molecule has 0 radical (unpaired) electrons. The molecule has 0 aliphatic carbocycles. The highest BCUT2D eigenvalue weighted by Gasteiger charge is 2.46. The number of carbonyl (C=O) groups excluding carboxylic acids is 5. The lowest BCUT2D eigenvalue weighted by Crippen LogP contribution is -2.54. The van der Waals surface area contributed by atoms with Crippen LogP contribution in [0.1, 0.15) is 61.3 Å². The number of nitrogens with one attached hydrogen (secondary N) is 1. The lowest BCUT2D eigenvalue weighted by molar-refractivity contribution is -0.162. The van der Waals surface area contributed by atoms with Crippen LogP contribution in [0.5, 0.6) is 5.75 Å². The number of fused-ring (bicyclic) bond motifs is 1. The number of amides is 4. The van der Waals surface area contributed by atoms with E-state index < -0.39 is 47.3 Å². The lowest BCUT2D eigenvalue weighted by atomic mass is 10.0. The highest BCUT2D eigenvalue weighted by molar-refractivity contribution is 6.24. The van der Waals surface area contributed by atoms with Gasteiger partial charge in [0.2, 0.25) is 11.8 Å². The second-order valence-corrected chi connectivity index (χ2v) is 7.92. The average Bonchev–Trinajstić information content (AvgIpc) is 2.86. The Morgan fingerprint density at radius 1 is 1.17 bits per heavy atom. The fourth-order valence-corrected chi connectivity index (χ4v) is 3.21. The minimum absolute atomic E-state index is 0.0161. The summed E-state index contributed by atoms with van der Waals surface area (Å²) in [5.41, 5.74) is -0.645. The third-order valence-electron chi connectivity index (χ3n) is 4.47. The fourth-order valence-electron chi connectivity index (χ4n) is 3.21. The molecule has 0 spiro atoms. The molecule has 2 atom stereocenters. The van der Waals surface area contributed by atoms with Crippen molar-refractivity contribution in [1.29, 1.82) is 0 Å². The molecule has 154 valence electrons. The predicted molar refractivity (Wildman–Crippen MR) is 99.0 cm³/mol. The van der Waals surface area contributed by atoms with Crippen LogP contribution in [0.3, 0.4) is 0 Å². The molecule has 0 bridgehead atoms. The third kappa shape index (κ3) is 3.98. The van der Waals surface area contributed by atoms with Gasteiger partial charge >= 0.3 is 5.97 Å². The highest BCUT2D eigenvalue weighted by atomic mass is 16.6. The Labute approximate surface area is 167 Å². The van der Waals surface area contributed by atoms with Crippen LogP contribution < -0.4 is 10.1 Å². The van der Waals surface area contributed by atoms with Crippen molar-refractivity contribution in [3.63, 3.8) is 0 Å². The van der Waals surface area contributed by atoms with Crippen LogP contribution >= 0.6 is 0 Å². The molecular weight excluding hydrogens is 380 g/mol. The van der Waals surface area contributed by atoms with Gasteiger partial charge in [-0.05, 0) is 46.2 Å². The maximum atomic E-state index is 13.0. The largest absolute Gasteiger partial charge is 0.478 e. The Kier molecular flexibility index (Phi) is 5.16. The first-order chi connectivity index (χ1) is 13.5. The Morgan fingerprint density at radius 3 is 2.48 bits per heavy atom. The average molecular weight is 402 g/mol. The summed E-state index contributed by atoms with van der Waals surface area (Å²) < 4.78 is 10.9. The number of piperidine rings is 1. The van der Waals surface area contributed by atoms with Gasteiger partial charge in [-0.3, -0.25) is 29.4 Å². The zero-order valence-corrected chi connectivity index (χ0v) is 16.6. The van der Waals surface area contributed by atoms with Gasteiger partial charge in [-0.2, -0.15) is 0 Å². The van der Waals surface area contributed by atoms with Crippen LogP contribution in [-0.4, -0.2) is 52.2 Å². The Balaban J connectivity index is 1.86. The monoisotopic (exact) mass is 402 g/mol. The highest BCUT2D eigenvalue weighted by Crippen LogP contribution is 2.34. The van der Waals surface area contributed by atoms with E-state index in [1.807, 2.05) is 0 Å². The first kappa shape index (κ1) is 20.5. The van der Waals surface area contributed by atoms with E-state index in [2.05, 4.69) is 5.32 Å². The van der Waals surface area contributed by atoms with Gasteiger partial charge in [0, 0.05) is 6.42 Å². The number of carbonyl (C=O) groups is 5. The maximum Gasteiger partial charge on any atom is 0.347 e. The SMILES string of the molecule is CC(Oc1cccc2c1C(=O)N([C@H]1CCC(=O)NC1=O)C2=O)C(=O)OC(C)(C)C. The van der Waals surface area contributed by atoms with Gasteiger partial charge in [0.25, 0.3) is 11.8 Å². The molecule has 29 heavy (non-hydrogen) atoms. The van der Waals surface area contributed by atoms with Gasteiger partial charge < -0.3 is 9.47 Å². The van der Waals surface area contributed by atoms with Crippen molar-refractivity contribution in [3.05, 3.63) is 29.3 Å². The molecule has 1 unspecified atom stereocenters.